The van der Waals surface area contributed by atoms with E-state index in [1.54, 1.807) is 6.07 Å². The van der Waals surface area contributed by atoms with Crippen molar-refractivity contribution >= 4 is 17.7 Å². The number of nitrogens with one attached hydrogen (secondary N) is 2. The minimum absolute atomic E-state index is 0.0136. The molecule has 1 unspecified atom stereocenters. The normalized spacial score (nSPS) is 19.2. The summed E-state index contributed by atoms with van der Waals surface area (Å²) < 4.78 is 0. The van der Waals surface area contributed by atoms with Crippen molar-refractivity contribution < 1.29 is 14.7 Å². The van der Waals surface area contributed by atoms with Crippen LogP contribution in [0.1, 0.15) is 16.8 Å². The molecule has 6 heteroatoms. The maximum absolute atomic E-state index is 10.9. The van der Waals surface area contributed by atoms with Gasteiger partial charge >= 0.3 is 5.97 Å². The van der Waals surface area contributed by atoms with Crippen molar-refractivity contribution in [2.45, 2.75) is 12.5 Å². The van der Waals surface area contributed by atoms with Crippen molar-refractivity contribution in [1.82, 2.24) is 10.3 Å². The largest absolute Gasteiger partial charge is 0.478 e. The number of nitrogens with zero attached hydrogens (tertiary/aromatic N) is 1. The Hall–Kier alpha value is -2.11. The molecule has 0 aliphatic carbocycles. The zero-order valence-corrected chi connectivity index (χ0v) is 8.43. The van der Waals surface area contributed by atoms with Crippen LogP contribution in [0.25, 0.3) is 0 Å². The molecule has 2 rings (SSSR count). The zero-order chi connectivity index (χ0) is 11.5. The number of carbonyl (C=O) groups excluding carboxylic acids is 1. The quantitative estimate of drug-likeness (QED) is 0.672. The summed E-state index contributed by atoms with van der Waals surface area (Å²) in [6.45, 7) is 0.571. The van der Waals surface area contributed by atoms with E-state index in [4.69, 9.17) is 5.11 Å². The van der Waals surface area contributed by atoms with E-state index >= 15 is 0 Å². The van der Waals surface area contributed by atoms with E-state index in [1.165, 1.54) is 12.3 Å². The van der Waals surface area contributed by atoms with Crippen LogP contribution in [0.3, 0.4) is 0 Å². The number of hydrogen-bond acceptors (Lipinski definition) is 4. The molecule has 1 fully saturated rings. The lowest BCUT2D eigenvalue weighted by Crippen LogP contribution is -2.22. The summed E-state index contributed by atoms with van der Waals surface area (Å²) in [6, 6.07) is 3.09. The van der Waals surface area contributed by atoms with Gasteiger partial charge < -0.3 is 15.7 Å². The summed E-state index contributed by atoms with van der Waals surface area (Å²) >= 11 is 0. The SMILES string of the molecule is O=C1CC(Nc2ccc(C(=O)O)cn2)CN1. The first-order valence-corrected chi connectivity index (χ1v) is 4.88. The molecule has 1 aromatic heterocycles. The molecule has 1 amide bonds. The monoisotopic (exact) mass is 221 g/mol. The summed E-state index contributed by atoms with van der Waals surface area (Å²) in [5, 5.41) is 14.4. The van der Waals surface area contributed by atoms with Crippen LogP contribution >= 0.6 is 0 Å². The molecule has 3 N–H and O–H groups in total. The maximum atomic E-state index is 10.9. The predicted molar refractivity (Wildman–Crippen MR) is 56.2 cm³/mol. The molecule has 2 heterocycles. The molecule has 16 heavy (non-hydrogen) atoms. The summed E-state index contributed by atoms with van der Waals surface area (Å²) in [6.07, 6.45) is 1.71. The van der Waals surface area contributed by atoms with Crippen LogP contribution in [0.4, 0.5) is 5.82 Å². The molecule has 1 aromatic rings. The van der Waals surface area contributed by atoms with Gasteiger partial charge in [0.15, 0.2) is 0 Å². The van der Waals surface area contributed by atoms with E-state index in [1.807, 2.05) is 0 Å². The Morgan fingerprint density at radius 3 is 2.88 bits per heavy atom. The minimum atomic E-state index is -1.00. The molecule has 0 saturated carbocycles. The van der Waals surface area contributed by atoms with Gasteiger partial charge in [-0.2, -0.15) is 0 Å². The molecular weight excluding hydrogens is 210 g/mol. The van der Waals surface area contributed by atoms with E-state index in [-0.39, 0.29) is 17.5 Å². The number of amides is 1. The van der Waals surface area contributed by atoms with Crippen LogP contribution in [0.15, 0.2) is 18.3 Å². The second kappa shape index (κ2) is 4.18. The fourth-order valence-electron chi connectivity index (χ4n) is 1.52. The lowest BCUT2D eigenvalue weighted by Gasteiger charge is -2.10. The highest BCUT2D eigenvalue weighted by Gasteiger charge is 2.21. The number of carboxylic acid groups (broad SMARTS) is 1. The molecule has 0 aromatic carbocycles. The van der Waals surface area contributed by atoms with Crippen molar-refractivity contribution in [1.29, 1.82) is 0 Å². The summed E-state index contributed by atoms with van der Waals surface area (Å²) in [4.78, 5) is 25.5. The third-order valence-electron chi connectivity index (χ3n) is 2.34. The molecular formula is C10H11N3O3. The average Bonchev–Trinajstić information content (AvgIpc) is 2.65. The Balaban J connectivity index is 2.00. The molecule has 1 saturated heterocycles. The molecule has 1 aliphatic heterocycles. The maximum Gasteiger partial charge on any atom is 0.337 e. The Morgan fingerprint density at radius 2 is 2.38 bits per heavy atom. The fraction of sp³-hybridized carbons (Fsp3) is 0.300. The van der Waals surface area contributed by atoms with Crippen molar-refractivity contribution in [3.63, 3.8) is 0 Å². The van der Waals surface area contributed by atoms with Gasteiger partial charge in [0.25, 0.3) is 0 Å². The van der Waals surface area contributed by atoms with Crippen LogP contribution in [0, 0.1) is 0 Å². The van der Waals surface area contributed by atoms with Gasteiger partial charge in [0.2, 0.25) is 5.91 Å². The van der Waals surface area contributed by atoms with Gasteiger partial charge in [0.05, 0.1) is 11.6 Å². The number of aromatic nitrogens is 1. The Labute approximate surface area is 91.7 Å². The zero-order valence-electron chi connectivity index (χ0n) is 8.43. The fourth-order valence-corrected chi connectivity index (χ4v) is 1.52. The van der Waals surface area contributed by atoms with Crippen molar-refractivity contribution in [3.8, 4) is 0 Å². The molecule has 0 spiro atoms. The Bertz CT molecular complexity index is 416. The number of carbonyl (C=O) groups is 2. The van der Waals surface area contributed by atoms with Crippen LogP contribution in [-0.4, -0.2) is 34.6 Å². The minimum Gasteiger partial charge on any atom is -0.478 e. The van der Waals surface area contributed by atoms with E-state index in [9.17, 15) is 9.59 Å². The topological polar surface area (TPSA) is 91.3 Å². The highest BCUT2D eigenvalue weighted by Crippen LogP contribution is 2.10. The predicted octanol–water partition coefficient (Wildman–Crippen LogP) is 0.0802. The first-order valence-electron chi connectivity index (χ1n) is 4.88. The number of hydrogen-bond donors (Lipinski definition) is 3. The van der Waals surface area contributed by atoms with Crippen molar-refractivity contribution in [3.05, 3.63) is 23.9 Å². The summed E-state index contributed by atoms with van der Waals surface area (Å²) in [5.74, 6) is -0.414. The van der Waals surface area contributed by atoms with Gasteiger partial charge in [-0.25, -0.2) is 9.78 Å². The number of rotatable bonds is 3. The van der Waals surface area contributed by atoms with Crippen molar-refractivity contribution in [2.75, 3.05) is 11.9 Å². The standard InChI is InChI=1S/C10H11N3O3/c14-9-3-7(5-12-9)13-8-2-1-6(4-11-8)10(15)16/h1-2,4,7H,3,5H2,(H,11,13)(H,12,14)(H,15,16). The van der Waals surface area contributed by atoms with Crippen LogP contribution in [0.5, 0.6) is 0 Å². The molecule has 0 radical (unpaired) electrons. The lowest BCUT2D eigenvalue weighted by atomic mass is 10.2. The van der Waals surface area contributed by atoms with Gasteiger partial charge in [-0.05, 0) is 12.1 Å². The lowest BCUT2D eigenvalue weighted by molar-refractivity contribution is -0.119. The summed E-state index contributed by atoms with van der Waals surface area (Å²) in [7, 11) is 0. The number of carboxylic acids is 1. The van der Waals surface area contributed by atoms with Gasteiger partial charge in [0, 0.05) is 19.2 Å². The highest BCUT2D eigenvalue weighted by molar-refractivity contribution is 5.87. The smallest absolute Gasteiger partial charge is 0.337 e. The summed E-state index contributed by atoms with van der Waals surface area (Å²) in [5.41, 5.74) is 0.145. The van der Waals surface area contributed by atoms with Gasteiger partial charge in [-0.1, -0.05) is 0 Å². The van der Waals surface area contributed by atoms with E-state index in [0.29, 0.717) is 18.8 Å². The molecule has 0 bridgehead atoms. The second-order valence-electron chi connectivity index (χ2n) is 3.59. The molecule has 84 valence electrons. The molecule has 6 nitrogen and oxygen atoms in total. The van der Waals surface area contributed by atoms with Gasteiger partial charge in [0.1, 0.15) is 5.82 Å². The number of anilines is 1. The Kier molecular flexibility index (Phi) is 2.72. The second-order valence-corrected chi connectivity index (χ2v) is 3.59. The van der Waals surface area contributed by atoms with Crippen molar-refractivity contribution in [2.24, 2.45) is 0 Å². The van der Waals surface area contributed by atoms with E-state index in [0.717, 1.165) is 0 Å². The highest BCUT2D eigenvalue weighted by atomic mass is 16.4. The van der Waals surface area contributed by atoms with E-state index in [2.05, 4.69) is 15.6 Å². The van der Waals surface area contributed by atoms with Gasteiger partial charge in [-0.3, -0.25) is 4.79 Å². The third-order valence-corrected chi connectivity index (χ3v) is 2.34. The number of aromatic carboxylic acids is 1. The van der Waals surface area contributed by atoms with Crippen LogP contribution in [0.2, 0.25) is 0 Å². The Morgan fingerprint density at radius 1 is 1.56 bits per heavy atom. The molecule has 1 atom stereocenters. The first-order chi connectivity index (χ1) is 7.65. The molecule has 1 aliphatic rings. The van der Waals surface area contributed by atoms with E-state index < -0.39 is 5.97 Å². The first kappa shape index (κ1) is 10.4. The van der Waals surface area contributed by atoms with Crippen LogP contribution < -0.4 is 10.6 Å². The number of pyridine rings is 1. The van der Waals surface area contributed by atoms with Gasteiger partial charge in [-0.15, -0.1) is 0 Å². The average molecular weight is 221 g/mol. The third kappa shape index (κ3) is 2.28. The van der Waals surface area contributed by atoms with Crippen LogP contribution in [-0.2, 0) is 4.79 Å².